The molecule has 0 aliphatic carbocycles. The summed E-state index contributed by atoms with van der Waals surface area (Å²) in [6, 6.07) is 18.6. The highest BCUT2D eigenvalue weighted by Crippen LogP contribution is 2.23. The first-order valence-electron chi connectivity index (χ1n) is 8.00. The molecule has 3 aromatic rings. The summed E-state index contributed by atoms with van der Waals surface area (Å²) in [6.07, 6.45) is 1.62. The molecule has 0 radical (unpaired) electrons. The highest BCUT2D eigenvalue weighted by Gasteiger charge is 2.11. The third kappa shape index (κ3) is 4.75. The van der Waals surface area contributed by atoms with Gasteiger partial charge in [-0.2, -0.15) is 0 Å². The monoisotopic (exact) mass is 385 g/mol. The quantitative estimate of drug-likeness (QED) is 0.649. The van der Waals surface area contributed by atoms with E-state index in [-0.39, 0.29) is 5.91 Å². The molecular weight excluding hydrogens is 369 g/mol. The van der Waals surface area contributed by atoms with Crippen molar-refractivity contribution in [1.82, 2.24) is 4.98 Å². The third-order valence-corrected chi connectivity index (χ3v) is 4.24. The lowest BCUT2D eigenvalue weighted by Crippen LogP contribution is -2.18. The van der Waals surface area contributed by atoms with E-state index in [0.717, 1.165) is 12.2 Å². The van der Waals surface area contributed by atoms with Crippen LogP contribution in [0.2, 0.25) is 10.0 Å². The zero-order valence-electron chi connectivity index (χ0n) is 14.1. The molecule has 0 unspecified atom stereocenters. The van der Waals surface area contributed by atoms with Gasteiger partial charge in [0.05, 0.1) is 0 Å². The summed E-state index contributed by atoms with van der Waals surface area (Å²) in [6.45, 7) is 0.732. The Morgan fingerprint density at radius 1 is 1.04 bits per heavy atom. The third-order valence-electron chi connectivity index (χ3n) is 3.80. The van der Waals surface area contributed by atoms with E-state index < -0.39 is 0 Å². The molecule has 0 saturated heterocycles. The first kappa shape index (κ1) is 18.2. The molecule has 0 aliphatic heterocycles. The number of nitrogens with one attached hydrogen (secondary N) is 1. The van der Waals surface area contributed by atoms with Crippen molar-refractivity contribution in [2.24, 2.45) is 0 Å². The molecule has 0 atom stereocenters. The number of aromatic nitrogens is 1. The lowest BCUT2D eigenvalue weighted by molar-refractivity contribution is 0.102. The highest BCUT2D eigenvalue weighted by molar-refractivity contribution is 6.35. The molecule has 4 nitrogen and oxygen atoms in total. The zero-order valence-corrected chi connectivity index (χ0v) is 15.6. The van der Waals surface area contributed by atoms with Gasteiger partial charge in [0.2, 0.25) is 0 Å². The van der Waals surface area contributed by atoms with Gasteiger partial charge in [-0.25, -0.2) is 0 Å². The number of carbonyl (C=O) groups excluding carboxylic acids is 1. The van der Waals surface area contributed by atoms with Crippen molar-refractivity contribution in [3.63, 3.8) is 0 Å². The Morgan fingerprint density at radius 2 is 1.73 bits per heavy atom. The number of nitrogens with zero attached hydrogens (tertiary/aromatic N) is 2. The summed E-state index contributed by atoms with van der Waals surface area (Å²) < 4.78 is 0. The molecule has 6 heteroatoms. The van der Waals surface area contributed by atoms with E-state index in [1.807, 2.05) is 31.3 Å². The molecular formula is C20H17Cl2N3O. The molecule has 0 saturated carbocycles. The van der Waals surface area contributed by atoms with Crippen molar-refractivity contribution in [1.29, 1.82) is 0 Å². The fraction of sp³-hybridized carbons (Fsp3) is 0.100. The summed E-state index contributed by atoms with van der Waals surface area (Å²) >= 11 is 11.9. The summed E-state index contributed by atoms with van der Waals surface area (Å²) in [7, 11) is 1.97. The molecule has 1 N–H and O–H groups in total. The lowest BCUT2D eigenvalue weighted by atomic mass is 10.2. The normalized spacial score (nSPS) is 10.4. The van der Waals surface area contributed by atoms with Crippen molar-refractivity contribution in [3.8, 4) is 0 Å². The molecule has 1 amide bonds. The van der Waals surface area contributed by atoms with Crippen LogP contribution in [0.1, 0.15) is 16.1 Å². The molecule has 0 fully saturated rings. The minimum absolute atomic E-state index is 0.318. The number of hydrogen-bond acceptors (Lipinski definition) is 3. The van der Waals surface area contributed by atoms with E-state index in [4.69, 9.17) is 23.2 Å². The average Bonchev–Trinajstić information content (AvgIpc) is 2.62. The summed E-state index contributed by atoms with van der Waals surface area (Å²) in [4.78, 5) is 18.7. The Labute approximate surface area is 162 Å². The van der Waals surface area contributed by atoms with Gasteiger partial charge in [-0.05, 0) is 35.9 Å². The van der Waals surface area contributed by atoms with Gasteiger partial charge < -0.3 is 10.2 Å². The van der Waals surface area contributed by atoms with Crippen molar-refractivity contribution in [3.05, 3.63) is 88.2 Å². The number of hydrogen-bond donors (Lipinski definition) is 1. The minimum atomic E-state index is -0.321. The summed E-state index contributed by atoms with van der Waals surface area (Å²) in [5.41, 5.74) is 2.93. The number of rotatable bonds is 5. The number of carbonyl (C=O) groups is 1. The molecule has 1 heterocycles. The largest absolute Gasteiger partial charge is 0.370 e. The molecule has 132 valence electrons. The molecule has 2 aromatic carbocycles. The molecule has 0 spiro atoms. The number of pyridine rings is 1. The maximum absolute atomic E-state index is 12.5. The van der Waals surface area contributed by atoms with Gasteiger partial charge in [0.25, 0.3) is 5.91 Å². The number of halogens is 2. The van der Waals surface area contributed by atoms with Crippen LogP contribution >= 0.6 is 23.2 Å². The van der Waals surface area contributed by atoms with Crippen LogP contribution in [0, 0.1) is 0 Å². The van der Waals surface area contributed by atoms with E-state index in [0.29, 0.717) is 21.4 Å². The number of benzene rings is 2. The minimum Gasteiger partial charge on any atom is -0.370 e. The Morgan fingerprint density at radius 3 is 2.42 bits per heavy atom. The summed E-state index contributed by atoms with van der Waals surface area (Å²) in [5, 5.41) is 3.68. The second-order valence-electron chi connectivity index (χ2n) is 5.85. The van der Waals surface area contributed by atoms with E-state index in [2.05, 4.69) is 27.3 Å². The van der Waals surface area contributed by atoms with Crippen molar-refractivity contribution in [2.75, 3.05) is 17.3 Å². The van der Waals surface area contributed by atoms with Crippen LogP contribution in [0.25, 0.3) is 0 Å². The average molecular weight is 386 g/mol. The Bertz CT molecular complexity index is 896. The van der Waals surface area contributed by atoms with Crippen LogP contribution in [-0.2, 0) is 6.54 Å². The SMILES string of the molecule is CN(Cc1ccccc1)c1ccnc(C(=O)Nc2cc(Cl)cc(Cl)c2)c1. The second-order valence-corrected chi connectivity index (χ2v) is 6.73. The van der Waals surface area contributed by atoms with Crippen molar-refractivity contribution in [2.45, 2.75) is 6.54 Å². The van der Waals surface area contributed by atoms with Crippen LogP contribution < -0.4 is 10.2 Å². The number of amides is 1. The van der Waals surface area contributed by atoms with Gasteiger partial charge in [-0.1, -0.05) is 53.5 Å². The molecule has 0 bridgehead atoms. The van der Waals surface area contributed by atoms with E-state index in [9.17, 15) is 4.79 Å². The fourth-order valence-electron chi connectivity index (χ4n) is 2.55. The van der Waals surface area contributed by atoms with Gasteiger partial charge in [0.15, 0.2) is 0 Å². The maximum atomic E-state index is 12.5. The van der Waals surface area contributed by atoms with Gasteiger partial charge in [-0.15, -0.1) is 0 Å². The van der Waals surface area contributed by atoms with Gasteiger partial charge in [0.1, 0.15) is 5.69 Å². The van der Waals surface area contributed by atoms with Crippen molar-refractivity contribution < 1.29 is 4.79 Å². The highest BCUT2D eigenvalue weighted by atomic mass is 35.5. The Hall–Kier alpha value is -2.56. The fourth-order valence-corrected chi connectivity index (χ4v) is 3.08. The smallest absolute Gasteiger partial charge is 0.274 e. The Kier molecular flexibility index (Phi) is 5.76. The Balaban J connectivity index is 1.74. The lowest BCUT2D eigenvalue weighted by Gasteiger charge is -2.19. The summed E-state index contributed by atoms with van der Waals surface area (Å²) in [5.74, 6) is -0.321. The van der Waals surface area contributed by atoms with Crippen LogP contribution in [0.15, 0.2) is 66.9 Å². The first-order chi connectivity index (χ1) is 12.5. The zero-order chi connectivity index (χ0) is 18.5. The van der Waals surface area contributed by atoms with E-state index in [1.165, 1.54) is 5.56 Å². The maximum Gasteiger partial charge on any atom is 0.274 e. The number of anilines is 2. The van der Waals surface area contributed by atoms with Gasteiger partial charge >= 0.3 is 0 Å². The predicted molar refractivity (Wildman–Crippen MR) is 107 cm³/mol. The molecule has 1 aromatic heterocycles. The van der Waals surface area contributed by atoms with Crippen LogP contribution in [0.5, 0.6) is 0 Å². The van der Waals surface area contributed by atoms with Crippen molar-refractivity contribution >= 4 is 40.5 Å². The van der Waals surface area contributed by atoms with Gasteiger partial charge in [-0.3, -0.25) is 9.78 Å². The first-order valence-corrected chi connectivity index (χ1v) is 8.75. The van der Waals surface area contributed by atoms with Gasteiger partial charge in [0, 0.05) is 41.2 Å². The topological polar surface area (TPSA) is 45.2 Å². The van der Waals surface area contributed by atoms with E-state index >= 15 is 0 Å². The standard InChI is InChI=1S/C20H17Cl2N3O/c1-25(13-14-5-3-2-4-6-14)18-7-8-23-19(12-18)20(26)24-17-10-15(21)9-16(22)11-17/h2-12H,13H2,1H3,(H,24,26). The predicted octanol–water partition coefficient (Wildman–Crippen LogP) is 5.28. The molecule has 0 aliphatic rings. The molecule has 26 heavy (non-hydrogen) atoms. The van der Waals surface area contributed by atoms with Crippen LogP contribution in [0.4, 0.5) is 11.4 Å². The van der Waals surface area contributed by atoms with Crippen LogP contribution in [-0.4, -0.2) is 17.9 Å². The second kappa shape index (κ2) is 8.21. The van der Waals surface area contributed by atoms with Crippen LogP contribution in [0.3, 0.4) is 0 Å². The molecule has 3 rings (SSSR count). The van der Waals surface area contributed by atoms with E-state index in [1.54, 1.807) is 30.5 Å².